The SMILES string of the molecule is O=C(CSc1nnnn1-c1cccc(F)c1)NCC12CC3CC(CC(C3)C1)C2. The van der Waals surface area contributed by atoms with Crippen LogP contribution in [0, 0.1) is 29.0 Å². The van der Waals surface area contributed by atoms with Crippen LogP contribution in [-0.4, -0.2) is 38.4 Å². The largest absolute Gasteiger partial charge is 0.355 e. The second-order valence-electron chi connectivity index (χ2n) is 8.84. The van der Waals surface area contributed by atoms with Crippen LogP contribution in [0.1, 0.15) is 38.5 Å². The number of aromatic nitrogens is 4. The number of halogens is 1. The van der Waals surface area contributed by atoms with Crippen molar-refractivity contribution < 1.29 is 9.18 Å². The molecule has 0 radical (unpaired) electrons. The number of hydrogen-bond acceptors (Lipinski definition) is 5. The molecule has 0 aliphatic heterocycles. The molecule has 1 amide bonds. The van der Waals surface area contributed by atoms with Gasteiger partial charge in [0.15, 0.2) is 0 Å². The molecule has 8 heteroatoms. The second-order valence-corrected chi connectivity index (χ2v) is 9.78. The summed E-state index contributed by atoms with van der Waals surface area (Å²) < 4.78 is 14.9. The van der Waals surface area contributed by atoms with Gasteiger partial charge in [0.1, 0.15) is 5.82 Å². The molecule has 1 N–H and O–H groups in total. The normalized spacial score (nSPS) is 30.5. The van der Waals surface area contributed by atoms with Gasteiger partial charge in [0, 0.05) is 6.54 Å². The van der Waals surface area contributed by atoms with E-state index in [1.54, 1.807) is 12.1 Å². The number of amides is 1. The fraction of sp³-hybridized carbons (Fsp3) is 0.600. The number of tetrazole rings is 1. The molecule has 28 heavy (non-hydrogen) atoms. The maximum Gasteiger partial charge on any atom is 0.230 e. The molecule has 4 fully saturated rings. The minimum atomic E-state index is -0.350. The fourth-order valence-electron chi connectivity index (χ4n) is 6.01. The Labute approximate surface area is 167 Å². The Morgan fingerprint density at radius 1 is 1.21 bits per heavy atom. The van der Waals surface area contributed by atoms with Gasteiger partial charge in [0.2, 0.25) is 11.1 Å². The molecule has 0 atom stereocenters. The van der Waals surface area contributed by atoms with Crippen molar-refractivity contribution in [2.24, 2.45) is 23.2 Å². The summed E-state index contributed by atoms with van der Waals surface area (Å²) in [4.78, 5) is 12.5. The Morgan fingerprint density at radius 2 is 1.93 bits per heavy atom. The average Bonchev–Trinajstić information content (AvgIpc) is 3.12. The van der Waals surface area contributed by atoms with Gasteiger partial charge in [-0.2, -0.15) is 4.68 Å². The van der Waals surface area contributed by atoms with Gasteiger partial charge < -0.3 is 5.32 Å². The Bertz CT molecular complexity index is 850. The number of hydrogen-bond donors (Lipinski definition) is 1. The number of benzene rings is 1. The molecule has 0 unspecified atom stereocenters. The fourth-order valence-corrected chi connectivity index (χ4v) is 6.73. The van der Waals surface area contributed by atoms with Gasteiger partial charge in [-0.1, -0.05) is 17.8 Å². The quantitative estimate of drug-likeness (QED) is 0.753. The van der Waals surface area contributed by atoms with E-state index in [-0.39, 0.29) is 17.5 Å². The summed E-state index contributed by atoms with van der Waals surface area (Å²) in [6.45, 7) is 0.796. The van der Waals surface area contributed by atoms with E-state index < -0.39 is 0 Å². The molecule has 6 nitrogen and oxygen atoms in total. The zero-order valence-corrected chi connectivity index (χ0v) is 16.5. The molecule has 4 saturated carbocycles. The van der Waals surface area contributed by atoms with Gasteiger partial charge in [-0.05, 0) is 90.3 Å². The Kier molecular flexibility index (Phi) is 4.61. The summed E-state index contributed by atoms with van der Waals surface area (Å²) in [7, 11) is 0. The lowest BCUT2D eigenvalue weighted by Crippen LogP contribution is -2.51. The second kappa shape index (κ2) is 7.13. The van der Waals surface area contributed by atoms with Crippen LogP contribution in [0.5, 0.6) is 0 Å². The maximum absolute atomic E-state index is 13.5. The maximum atomic E-state index is 13.5. The summed E-state index contributed by atoms with van der Waals surface area (Å²) in [6.07, 6.45) is 8.07. The first-order chi connectivity index (χ1) is 13.6. The van der Waals surface area contributed by atoms with Gasteiger partial charge in [0.05, 0.1) is 11.4 Å². The molecule has 2 aromatic rings. The molecular weight excluding hydrogens is 377 g/mol. The Balaban J connectivity index is 1.17. The smallest absolute Gasteiger partial charge is 0.230 e. The lowest BCUT2D eigenvalue weighted by molar-refractivity contribution is -0.120. The van der Waals surface area contributed by atoms with E-state index in [2.05, 4.69) is 20.8 Å². The first-order valence-corrected chi connectivity index (χ1v) is 11.0. The predicted octanol–water partition coefficient (Wildman–Crippen LogP) is 3.23. The third kappa shape index (κ3) is 3.54. The number of carbonyl (C=O) groups excluding carboxylic acids is 1. The molecule has 1 heterocycles. The van der Waals surface area contributed by atoms with Crippen LogP contribution in [0.15, 0.2) is 29.4 Å². The molecule has 0 spiro atoms. The van der Waals surface area contributed by atoms with E-state index in [1.807, 2.05) is 0 Å². The molecular formula is C20H24FN5OS. The van der Waals surface area contributed by atoms with Gasteiger partial charge in [-0.15, -0.1) is 5.10 Å². The van der Waals surface area contributed by atoms with Crippen molar-refractivity contribution in [1.82, 2.24) is 25.5 Å². The van der Waals surface area contributed by atoms with Crippen molar-refractivity contribution in [2.75, 3.05) is 12.3 Å². The highest BCUT2D eigenvalue weighted by Crippen LogP contribution is 2.59. The van der Waals surface area contributed by atoms with Gasteiger partial charge in [-0.3, -0.25) is 4.79 Å². The number of thioether (sulfide) groups is 1. The predicted molar refractivity (Wildman–Crippen MR) is 103 cm³/mol. The lowest BCUT2D eigenvalue weighted by Gasteiger charge is -2.56. The third-order valence-electron chi connectivity index (χ3n) is 6.65. The molecule has 1 aromatic carbocycles. The minimum Gasteiger partial charge on any atom is -0.355 e. The van der Waals surface area contributed by atoms with E-state index in [0.717, 1.165) is 24.3 Å². The Hall–Kier alpha value is -1.96. The molecule has 4 bridgehead atoms. The molecule has 1 aromatic heterocycles. The third-order valence-corrected chi connectivity index (χ3v) is 7.57. The topological polar surface area (TPSA) is 72.7 Å². The van der Waals surface area contributed by atoms with E-state index in [1.165, 1.54) is 67.1 Å². The van der Waals surface area contributed by atoms with Crippen molar-refractivity contribution >= 4 is 17.7 Å². The molecule has 0 saturated heterocycles. The zero-order chi connectivity index (χ0) is 19.1. The van der Waals surface area contributed by atoms with Crippen LogP contribution in [-0.2, 0) is 4.79 Å². The van der Waals surface area contributed by atoms with Gasteiger partial charge in [-0.25, -0.2) is 4.39 Å². The highest BCUT2D eigenvalue weighted by molar-refractivity contribution is 7.99. The highest BCUT2D eigenvalue weighted by atomic mass is 32.2. The van der Waals surface area contributed by atoms with E-state index in [0.29, 0.717) is 16.3 Å². The van der Waals surface area contributed by atoms with Crippen molar-refractivity contribution in [2.45, 2.75) is 43.7 Å². The lowest BCUT2D eigenvalue weighted by atomic mass is 9.49. The zero-order valence-electron chi connectivity index (χ0n) is 15.7. The summed E-state index contributed by atoms with van der Waals surface area (Å²) in [6, 6.07) is 6.09. The van der Waals surface area contributed by atoms with Gasteiger partial charge >= 0.3 is 0 Å². The van der Waals surface area contributed by atoms with E-state index >= 15 is 0 Å². The molecule has 4 aliphatic carbocycles. The van der Waals surface area contributed by atoms with Crippen molar-refractivity contribution in [1.29, 1.82) is 0 Å². The number of rotatable bonds is 6. The number of nitrogens with one attached hydrogen (secondary N) is 1. The minimum absolute atomic E-state index is 0.00883. The van der Waals surface area contributed by atoms with Crippen LogP contribution >= 0.6 is 11.8 Å². The standard InChI is InChI=1S/C20H24FN5OS/c21-16-2-1-3-17(7-16)26-19(23-24-25-26)28-11-18(27)22-12-20-8-13-4-14(9-20)6-15(5-13)10-20/h1-3,7,13-15H,4-6,8-12H2,(H,22,27). The summed E-state index contributed by atoms with van der Waals surface area (Å²) in [5.41, 5.74) is 0.875. The summed E-state index contributed by atoms with van der Waals surface area (Å²) >= 11 is 1.27. The summed E-state index contributed by atoms with van der Waals surface area (Å²) in [5.74, 6) is 2.56. The first kappa shape index (κ1) is 18.1. The van der Waals surface area contributed by atoms with E-state index in [4.69, 9.17) is 0 Å². The Morgan fingerprint density at radius 3 is 2.61 bits per heavy atom. The molecule has 148 valence electrons. The molecule has 4 aliphatic rings. The van der Waals surface area contributed by atoms with Crippen LogP contribution in [0.2, 0.25) is 0 Å². The van der Waals surface area contributed by atoms with Crippen LogP contribution in [0.4, 0.5) is 4.39 Å². The van der Waals surface area contributed by atoms with E-state index in [9.17, 15) is 9.18 Å². The van der Waals surface area contributed by atoms with Crippen LogP contribution in [0.3, 0.4) is 0 Å². The van der Waals surface area contributed by atoms with Gasteiger partial charge in [0.25, 0.3) is 0 Å². The molecule has 6 rings (SSSR count). The highest BCUT2D eigenvalue weighted by Gasteiger charge is 2.50. The number of carbonyl (C=O) groups is 1. The first-order valence-electron chi connectivity index (χ1n) is 10.0. The van der Waals surface area contributed by atoms with Crippen molar-refractivity contribution in [3.63, 3.8) is 0 Å². The number of nitrogens with zero attached hydrogens (tertiary/aromatic N) is 4. The van der Waals surface area contributed by atoms with Crippen LogP contribution < -0.4 is 5.32 Å². The van der Waals surface area contributed by atoms with Crippen molar-refractivity contribution in [3.8, 4) is 5.69 Å². The average molecular weight is 402 g/mol. The van der Waals surface area contributed by atoms with Crippen LogP contribution in [0.25, 0.3) is 5.69 Å². The van der Waals surface area contributed by atoms with Crippen molar-refractivity contribution in [3.05, 3.63) is 30.1 Å². The summed E-state index contributed by atoms with van der Waals surface area (Å²) in [5, 5.41) is 15.2. The monoisotopic (exact) mass is 401 g/mol.